The Kier molecular flexibility index (Phi) is 6.30. The van der Waals surface area contributed by atoms with Crippen LogP contribution in [0.5, 0.6) is 0 Å². The third-order valence-electron chi connectivity index (χ3n) is 4.79. The number of hydrogen-bond donors (Lipinski definition) is 2. The fraction of sp³-hybridized carbons (Fsp3) is 0.0400. The van der Waals surface area contributed by atoms with Crippen LogP contribution in [-0.4, -0.2) is 11.8 Å². The predicted octanol–water partition coefficient (Wildman–Crippen LogP) is 7.07. The van der Waals surface area contributed by atoms with Crippen LogP contribution in [-0.2, 0) is 0 Å². The van der Waals surface area contributed by atoms with E-state index in [4.69, 9.17) is 27.6 Å². The van der Waals surface area contributed by atoms with E-state index in [1.807, 2.05) is 13.0 Å². The number of amides is 2. The average Bonchev–Trinajstić information content (AvgIpc) is 3.28. The zero-order valence-electron chi connectivity index (χ0n) is 17.0. The molecule has 7 heteroatoms. The summed E-state index contributed by atoms with van der Waals surface area (Å²) >= 11 is 12.2. The Hall–Kier alpha value is -3.54. The predicted molar refractivity (Wildman–Crippen MR) is 128 cm³/mol. The molecule has 0 saturated carbocycles. The first-order chi connectivity index (χ1) is 15.4. The molecule has 5 nitrogen and oxygen atoms in total. The Labute approximate surface area is 195 Å². The summed E-state index contributed by atoms with van der Waals surface area (Å²) in [5, 5.41) is 6.66. The summed E-state index contributed by atoms with van der Waals surface area (Å²) in [4.78, 5) is 25.0. The van der Waals surface area contributed by atoms with E-state index >= 15 is 0 Å². The van der Waals surface area contributed by atoms with E-state index in [0.29, 0.717) is 38.3 Å². The Morgan fingerprint density at radius 3 is 2.34 bits per heavy atom. The van der Waals surface area contributed by atoms with Gasteiger partial charge < -0.3 is 15.1 Å². The van der Waals surface area contributed by atoms with E-state index in [9.17, 15) is 9.59 Å². The van der Waals surface area contributed by atoms with E-state index in [1.165, 1.54) is 0 Å². The number of aryl methyl sites for hydroxylation is 1. The number of carbonyl (C=O) groups excluding carboxylic acids is 2. The summed E-state index contributed by atoms with van der Waals surface area (Å²) in [6.07, 6.45) is 0. The fourth-order valence-corrected chi connectivity index (χ4v) is 3.53. The first-order valence-corrected chi connectivity index (χ1v) is 10.5. The number of carbonyl (C=O) groups is 2. The quantitative estimate of drug-likeness (QED) is 0.331. The van der Waals surface area contributed by atoms with E-state index in [0.717, 1.165) is 5.56 Å². The summed E-state index contributed by atoms with van der Waals surface area (Å²) in [5.74, 6) is -0.0314. The van der Waals surface area contributed by atoms with Crippen molar-refractivity contribution in [3.63, 3.8) is 0 Å². The van der Waals surface area contributed by atoms with Crippen LogP contribution in [0.15, 0.2) is 83.3 Å². The average molecular weight is 465 g/mol. The molecule has 4 rings (SSSR count). The van der Waals surface area contributed by atoms with Crippen LogP contribution in [0.2, 0.25) is 10.0 Å². The molecule has 1 aromatic heterocycles. The van der Waals surface area contributed by atoms with Crippen LogP contribution in [0.25, 0.3) is 11.3 Å². The standard InChI is InChI=1S/C25H18Cl2N2O3/c1-15-13-18(8-10-21(15)29-24(30)16-5-3-2-4-6-16)28-25(31)23-12-11-22(32-23)19-14-17(26)7-9-20(19)27/h2-14H,1H3,(H,28,31)(H,29,30). The van der Waals surface area contributed by atoms with Gasteiger partial charge in [0, 0.05) is 27.5 Å². The molecule has 0 saturated heterocycles. The van der Waals surface area contributed by atoms with Gasteiger partial charge in [-0.2, -0.15) is 0 Å². The lowest BCUT2D eigenvalue weighted by atomic mass is 10.1. The molecule has 3 aromatic carbocycles. The summed E-state index contributed by atoms with van der Waals surface area (Å²) in [5.41, 5.74) is 3.21. The van der Waals surface area contributed by atoms with Crippen molar-refractivity contribution < 1.29 is 14.0 Å². The normalized spacial score (nSPS) is 10.6. The second-order valence-corrected chi connectivity index (χ2v) is 7.94. The van der Waals surface area contributed by atoms with Crippen LogP contribution in [0.1, 0.15) is 26.5 Å². The third kappa shape index (κ3) is 4.85. The first-order valence-electron chi connectivity index (χ1n) is 9.74. The highest BCUT2D eigenvalue weighted by molar-refractivity contribution is 6.35. The largest absolute Gasteiger partial charge is 0.451 e. The van der Waals surface area contributed by atoms with Crippen LogP contribution < -0.4 is 10.6 Å². The molecule has 0 aliphatic carbocycles. The first kappa shape index (κ1) is 21.7. The van der Waals surface area contributed by atoms with Crippen LogP contribution in [0.4, 0.5) is 11.4 Å². The molecule has 0 radical (unpaired) electrons. The highest BCUT2D eigenvalue weighted by Gasteiger charge is 2.15. The molecule has 0 spiro atoms. The van der Waals surface area contributed by atoms with Crippen molar-refractivity contribution in [3.8, 4) is 11.3 Å². The molecular formula is C25H18Cl2N2O3. The molecule has 0 unspecified atom stereocenters. The number of rotatable bonds is 5. The van der Waals surface area contributed by atoms with E-state index in [1.54, 1.807) is 72.8 Å². The molecule has 0 atom stereocenters. The Balaban J connectivity index is 1.46. The molecule has 32 heavy (non-hydrogen) atoms. The van der Waals surface area contributed by atoms with E-state index in [-0.39, 0.29) is 11.7 Å². The molecule has 2 N–H and O–H groups in total. The Bertz CT molecular complexity index is 1300. The lowest BCUT2D eigenvalue weighted by molar-refractivity contribution is 0.0995. The maximum absolute atomic E-state index is 12.6. The lowest BCUT2D eigenvalue weighted by Crippen LogP contribution is -2.14. The van der Waals surface area contributed by atoms with E-state index in [2.05, 4.69) is 10.6 Å². The minimum atomic E-state index is -0.408. The summed E-state index contributed by atoms with van der Waals surface area (Å²) < 4.78 is 5.68. The van der Waals surface area contributed by atoms with Crippen molar-refractivity contribution in [1.29, 1.82) is 0 Å². The number of furan rings is 1. The number of nitrogens with one attached hydrogen (secondary N) is 2. The van der Waals surface area contributed by atoms with Crippen molar-refractivity contribution >= 4 is 46.4 Å². The second-order valence-electron chi connectivity index (χ2n) is 7.09. The van der Waals surface area contributed by atoms with Gasteiger partial charge in [0.25, 0.3) is 11.8 Å². The van der Waals surface area contributed by atoms with Crippen LogP contribution >= 0.6 is 23.2 Å². The molecule has 1 heterocycles. The number of benzene rings is 3. The van der Waals surface area contributed by atoms with Crippen LogP contribution in [0, 0.1) is 6.92 Å². The highest BCUT2D eigenvalue weighted by atomic mass is 35.5. The van der Waals surface area contributed by atoms with Crippen molar-refractivity contribution in [1.82, 2.24) is 0 Å². The van der Waals surface area contributed by atoms with Gasteiger partial charge in [0.2, 0.25) is 0 Å². The van der Waals surface area contributed by atoms with Gasteiger partial charge in [0.1, 0.15) is 5.76 Å². The van der Waals surface area contributed by atoms with Gasteiger partial charge in [0.05, 0.1) is 5.02 Å². The smallest absolute Gasteiger partial charge is 0.291 e. The minimum Gasteiger partial charge on any atom is -0.451 e. The zero-order chi connectivity index (χ0) is 22.7. The molecular weight excluding hydrogens is 447 g/mol. The molecule has 2 amide bonds. The van der Waals surface area contributed by atoms with Crippen molar-refractivity contribution in [2.75, 3.05) is 10.6 Å². The molecule has 0 aliphatic heterocycles. The maximum atomic E-state index is 12.6. The van der Waals surface area contributed by atoms with Gasteiger partial charge in [-0.05, 0) is 73.2 Å². The second kappa shape index (κ2) is 9.30. The highest BCUT2D eigenvalue weighted by Crippen LogP contribution is 2.32. The van der Waals surface area contributed by atoms with Gasteiger partial charge in [-0.3, -0.25) is 9.59 Å². The maximum Gasteiger partial charge on any atom is 0.291 e. The molecule has 0 aliphatic rings. The van der Waals surface area contributed by atoms with Crippen molar-refractivity contribution in [2.45, 2.75) is 6.92 Å². The van der Waals surface area contributed by atoms with Gasteiger partial charge in [-0.25, -0.2) is 0 Å². The SMILES string of the molecule is Cc1cc(NC(=O)c2ccc(-c3cc(Cl)ccc3Cl)o2)ccc1NC(=O)c1ccccc1. The Morgan fingerprint density at radius 2 is 1.59 bits per heavy atom. The third-order valence-corrected chi connectivity index (χ3v) is 5.36. The number of anilines is 2. The minimum absolute atomic E-state index is 0.134. The monoisotopic (exact) mass is 464 g/mol. The van der Waals surface area contributed by atoms with Gasteiger partial charge in [0.15, 0.2) is 5.76 Å². The molecule has 4 aromatic rings. The summed E-state index contributed by atoms with van der Waals surface area (Å²) in [6, 6.07) is 22.4. The van der Waals surface area contributed by atoms with Crippen molar-refractivity contribution in [2.24, 2.45) is 0 Å². The number of halogens is 2. The van der Waals surface area contributed by atoms with Crippen LogP contribution in [0.3, 0.4) is 0 Å². The zero-order valence-corrected chi connectivity index (χ0v) is 18.5. The summed E-state index contributed by atoms with van der Waals surface area (Å²) in [7, 11) is 0. The fourth-order valence-electron chi connectivity index (χ4n) is 3.15. The van der Waals surface area contributed by atoms with Crippen molar-refractivity contribution in [3.05, 3.63) is 106 Å². The summed E-state index contributed by atoms with van der Waals surface area (Å²) in [6.45, 7) is 1.85. The molecule has 0 bridgehead atoms. The number of hydrogen-bond acceptors (Lipinski definition) is 3. The lowest BCUT2D eigenvalue weighted by Gasteiger charge is -2.11. The molecule has 160 valence electrons. The van der Waals surface area contributed by atoms with Gasteiger partial charge in [-0.1, -0.05) is 41.4 Å². The van der Waals surface area contributed by atoms with E-state index < -0.39 is 5.91 Å². The van der Waals surface area contributed by atoms with Gasteiger partial charge in [-0.15, -0.1) is 0 Å². The Morgan fingerprint density at radius 1 is 0.812 bits per heavy atom. The topological polar surface area (TPSA) is 71.3 Å². The van der Waals surface area contributed by atoms with Gasteiger partial charge >= 0.3 is 0 Å². The molecule has 0 fully saturated rings.